The molecule has 0 radical (unpaired) electrons. The van der Waals surface area contributed by atoms with Crippen LogP contribution in [0, 0.1) is 17.3 Å². The molecule has 4 aliphatic rings. The van der Waals surface area contributed by atoms with E-state index in [2.05, 4.69) is 50.2 Å². The Labute approximate surface area is 179 Å². The summed E-state index contributed by atoms with van der Waals surface area (Å²) >= 11 is 0. The topological polar surface area (TPSA) is 49.8 Å². The Balaban J connectivity index is 1.64. The number of nitrogens with zero attached hydrogens (tertiary/aromatic N) is 1. The summed E-state index contributed by atoms with van der Waals surface area (Å²) in [5, 5.41) is 10.9. The van der Waals surface area contributed by atoms with Gasteiger partial charge in [0.15, 0.2) is 5.78 Å². The van der Waals surface area contributed by atoms with E-state index < -0.39 is 0 Å². The molecule has 160 valence electrons. The minimum atomic E-state index is -0.298. The molecule has 0 amide bonds. The zero-order chi connectivity index (χ0) is 21.0. The van der Waals surface area contributed by atoms with E-state index >= 15 is 0 Å². The molecule has 0 bridgehead atoms. The molecule has 4 nitrogen and oxygen atoms in total. The summed E-state index contributed by atoms with van der Waals surface area (Å²) in [6.07, 6.45) is 6.90. The van der Waals surface area contributed by atoms with Crippen LogP contribution in [0.3, 0.4) is 0 Å². The molecule has 3 aliphatic carbocycles. The van der Waals surface area contributed by atoms with Crippen molar-refractivity contribution in [1.29, 1.82) is 0 Å². The van der Waals surface area contributed by atoms with Crippen LogP contribution in [0.15, 0.2) is 47.1 Å². The Hall–Kier alpha value is -1.91. The fourth-order valence-electron chi connectivity index (χ4n) is 6.46. The zero-order valence-electron chi connectivity index (χ0n) is 18.4. The molecule has 1 aromatic rings. The molecule has 5 rings (SSSR count). The Morgan fingerprint density at radius 3 is 2.57 bits per heavy atom. The molecule has 0 aromatic heterocycles. The van der Waals surface area contributed by atoms with Crippen molar-refractivity contribution < 1.29 is 14.6 Å². The monoisotopic (exact) mass is 407 g/mol. The third-order valence-corrected chi connectivity index (χ3v) is 8.22. The van der Waals surface area contributed by atoms with Gasteiger partial charge in [0.2, 0.25) is 0 Å². The first kappa shape index (κ1) is 20.0. The summed E-state index contributed by atoms with van der Waals surface area (Å²) < 4.78 is 6.68. The molecule has 1 aliphatic heterocycles. The van der Waals surface area contributed by atoms with Crippen molar-refractivity contribution in [3.8, 4) is 0 Å². The van der Waals surface area contributed by atoms with Gasteiger partial charge >= 0.3 is 0 Å². The lowest BCUT2D eigenvalue weighted by Gasteiger charge is -2.40. The SMILES string of the molecule is CN(C)c1ccc(C2OCC3(C)C(O)CCC3C3CCC4=CC(=O)CCC4=C23)cc1. The Morgan fingerprint density at radius 1 is 1.07 bits per heavy atom. The van der Waals surface area contributed by atoms with Gasteiger partial charge in [0.25, 0.3) is 0 Å². The molecule has 5 unspecified atom stereocenters. The number of ketones is 1. The average Bonchev–Trinajstić information content (AvgIpc) is 2.95. The van der Waals surface area contributed by atoms with Gasteiger partial charge < -0.3 is 14.7 Å². The van der Waals surface area contributed by atoms with Crippen molar-refractivity contribution >= 4 is 11.5 Å². The number of hydrogen-bond acceptors (Lipinski definition) is 4. The first-order chi connectivity index (χ1) is 14.4. The normalized spacial score (nSPS) is 35.9. The van der Waals surface area contributed by atoms with Gasteiger partial charge in [-0.2, -0.15) is 0 Å². The summed E-state index contributed by atoms with van der Waals surface area (Å²) in [6, 6.07) is 8.70. The van der Waals surface area contributed by atoms with Crippen molar-refractivity contribution in [3.63, 3.8) is 0 Å². The van der Waals surface area contributed by atoms with E-state index in [0.29, 0.717) is 24.9 Å². The Kier molecular flexibility index (Phi) is 4.90. The summed E-state index contributed by atoms with van der Waals surface area (Å²) in [5.74, 6) is 1.13. The number of hydrogen-bond donors (Lipinski definition) is 1. The summed E-state index contributed by atoms with van der Waals surface area (Å²) in [6.45, 7) is 2.81. The highest BCUT2D eigenvalue weighted by Gasteiger charge is 2.54. The number of rotatable bonds is 2. The highest BCUT2D eigenvalue weighted by atomic mass is 16.5. The van der Waals surface area contributed by atoms with Crippen LogP contribution in [0.2, 0.25) is 0 Å². The molecule has 4 heteroatoms. The number of ether oxygens (including phenoxy) is 1. The van der Waals surface area contributed by atoms with Crippen LogP contribution in [-0.4, -0.2) is 37.7 Å². The standard InChI is InChI=1S/C26H33NO3/c1-26-15-30-25(16-4-7-18(8-5-16)27(2)3)24-20-11-9-19(28)14-17(20)6-10-21(24)22(26)12-13-23(26)29/h4-5,7-8,14,21-23,25,29H,6,9-13,15H2,1-3H3. The molecule has 1 heterocycles. The third kappa shape index (κ3) is 3.07. The number of aliphatic hydroxyl groups excluding tert-OH is 1. The Morgan fingerprint density at radius 2 is 1.83 bits per heavy atom. The molecule has 5 atom stereocenters. The minimum Gasteiger partial charge on any atom is -0.392 e. The highest BCUT2D eigenvalue weighted by Crippen LogP contribution is 2.58. The van der Waals surface area contributed by atoms with Gasteiger partial charge in [-0.15, -0.1) is 0 Å². The van der Waals surface area contributed by atoms with E-state index in [-0.39, 0.29) is 23.4 Å². The Bertz CT molecular complexity index is 913. The van der Waals surface area contributed by atoms with E-state index in [0.717, 1.165) is 32.1 Å². The number of carbonyl (C=O) groups is 1. The molecule has 1 saturated carbocycles. The number of allylic oxidation sites excluding steroid dienone is 3. The second kappa shape index (κ2) is 7.35. The largest absolute Gasteiger partial charge is 0.392 e. The second-order valence-corrected chi connectivity index (χ2v) is 10.1. The molecular weight excluding hydrogens is 374 g/mol. The number of aliphatic hydroxyl groups is 1. The van der Waals surface area contributed by atoms with Crippen molar-refractivity contribution in [2.75, 3.05) is 25.6 Å². The predicted molar refractivity (Wildman–Crippen MR) is 118 cm³/mol. The molecule has 1 N–H and O–H groups in total. The van der Waals surface area contributed by atoms with Crippen molar-refractivity contribution in [1.82, 2.24) is 0 Å². The maximum absolute atomic E-state index is 12.1. The van der Waals surface area contributed by atoms with E-state index in [1.54, 1.807) is 0 Å². The maximum Gasteiger partial charge on any atom is 0.156 e. The van der Waals surface area contributed by atoms with Crippen molar-refractivity contribution in [3.05, 3.63) is 52.6 Å². The van der Waals surface area contributed by atoms with E-state index in [1.807, 2.05) is 6.08 Å². The predicted octanol–water partition coefficient (Wildman–Crippen LogP) is 4.60. The van der Waals surface area contributed by atoms with Crippen LogP contribution in [0.1, 0.15) is 57.1 Å². The lowest BCUT2D eigenvalue weighted by Crippen LogP contribution is -2.39. The summed E-state index contributed by atoms with van der Waals surface area (Å²) in [4.78, 5) is 14.2. The first-order valence-electron chi connectivity index (χ1n) is 11.4. The second-order valence-electron chi connectivity index (χ2n) is 10.1. The van der Waals surface area contributed by atoms with Gasteiger partial charge in [-0.1, -0.05) is 19.1 Å². The zero-order valence-corrected chi connectivity index (χ0v) is 18.4. The van der Waals surface area contributed by atoms with Gasteiger partial charge in [-0.05, 0) is 84.4 Å². The van der Waals surface area contributed by atoms with E-state index in [9.17, 15) is 9.90 Å². The van der Waals surface area contributed by atoms with Crippen LogP contribution >= 0.6 is 0 Å². The van der Waals surface area contributed by atoms with Gasteiger partial charge in [-0.25, -0.2) is 0 Å². The fraction of sp³-hybridized carbons (Fsp3) is 0.577. The quantitative estimate of drug-likeness (QED) is 0.779. The lowest BCUT2D eigenvalue weighted by molar-refractivity contribution is -0.114. The van der Waals surface area contributed by atoms with Gasteiger partial charge in [0.1, 0.15) is 6.10 Å². The number of carbonyl (C=O) groups excluding carboxylic acids is 1. The molecule has 1 aromatic carbocycles. The van der Waals surface area contributed by atoms with E-state index in [4.69, 9.17) is 4.74 Å². The molecule has 2 fully saturated rings. The van der Waals surface area contributed by atoms with Gasteiger partial charge in [-0.3, -0.25) is 4.79 Å². The number of benzene rings is 1. The third-order valence-electron chi connectivity index (χ3n) is 8.22. The lowest BCUT2D eigenvalue weighted by atomic mass is 9.63. The summed E-state index contributed by atoms with van der Waals surface area (Å²) in [5.41, 5.74) is 6.18. The number of anilines is 1. The van der Waals surface area contributed by atoms with Crippen molar-refractivity contribution in [2.24, 2.45) is 17.3 Å². The average molecular weight is 408 g/mol. The molecule has 30 heavy (non-hydrogen) atoms. The number of fused-ring (bicyclic) bond motifs is 4. The van der Waals surface area contributed by atoms with Gasteiger partial charge in [0.05, 0.1) is 12.7 Å². The van der Waals surface area contributed by atoms with Crippen LogP contribution in [-0.2, 0) is 9.53 Å². The smallest absolute Gasteiger partial charge is 0.156 e. The maximum atomic E-state index is 12.1. The van der Waals surface area contributed by atoms with Crippen LogP contribution in [0.25, 0.3) is 0 Å². The minimum absolute atomic E-state index is 0.0901. The van der Waals surface area contributed by atoms with Gasteiger partial charge in [0, 0.05) is 31.6 Å². The fourth-order valence-corrected chi connectivity index (χ4v) is 6.46. The summed E-state index contributed by atoms with van der Waals surface area (Å²) in [7, 11) is 4.11. The van der Waals surface area contributed by atoms with Crippen molar-refractivity contribution in [2.45, 2.75) is 57.7 Å². The van der Waals surface area contributed by atoms with Crippen LogP contribution < -0.4 is 4.90 Å². The molecule has 0 spiro atoms. The van der Waals surface area contributed by atoms with E-state index in [1.165, 1.54) is 28.0 Å². The van der Waals surface area contributed by atoms with Crippen LogP contribution in [0.4, 0.5) is 5.69 Å². The molecular formula is C26H33NO3. The molecule has 1 saturated heterocycles. The first-order valence-corrected chi connectivity index (χ1v) is 11.4. The van der Waals surface area contributed by atoms with Crippen LogP contribution in [0.5, 0.6) is 0 Å². The highest BCUT2D eigenvalue weighted by molar-refractivity contribution is 5.93.